The first-order chi connectivity index (χ1) is 9.08. The fourth-order valence-electron chi connectivity index (χ4n) is 1.45. The molecule has 0 spiro atoms. The molecule has 0 radical (unpaired) electrons. The number of hydrogen-bond acceptors (Lipinski definition) is 4. The van der Waals surface area contributed by atoms with Gasteiger partial charge in [0.05, 0.1) is 0 Å². The zero-order valence-electron chi connectivity index (χ0n) is 10.5. The van der Waals surface area contributed by atoms with Gasteiger partial charge in [-0.25, -0.2) is 4.79 Å². The molecule has 1 heterocycles. The predicted octanol–water partition coefficient (Wildman–Crippen LogP) is 1.07. The monoisotopic (exact) mass is 314 g/mol. The zero-order valence-corrected chi connectivity index (χ0v) is 11.3. The van der Waals surface area contributed by atoms with Gasteiger partial charge in [0, 0.05) is 25.3 Å². The van der Waals surface area contributed by atoms with Crippen LogP contribution >= 0.6 is 11.8 Å². The van der Waals surface area contributed by atoms with Crippen LogP contribution in [0.15, 0.2) is 0 Å². The Labute approximate surface area is 116 Å². The van der Waals surface area contributed by atoms with E-state index < -0.39 is 23.6 Å². The van der Waals surface area contributed by atoms with E-state index in [0.717, 1.165) is 11.8 Å². The summed E-state index contributed by atoms with van der Waals surface area (Å²) in [6.07, 6.45) is -5.50. The number of carbonyl (C=O) groups excluding carboxylic acids is 2. The molecule has 0 bridgehead atoms. The Bertz CT molecular complexity index is 429. The van der Waals surface area contributed by atoms with Gasteiger partial charge in [0.15, 0.2) is 0 Å². The summed E-state index contributed by atoms with van der Waals surface area (Å²) >= 11 is 1.06. The van der Waals surface area contributed by atoms with E-state index in [9.17, 15) is 27.6 Å². The Morgan fingerprint density at radius 3 is 2.45 bits per heavy atom. The van der Waals surface area contributed by atoms with Crippen molar-refractivity contribution in [3.05, 3.63) is 0 Å². The molecule has 1 fully saturated rings. The van der Waals surface area contributed by atoms with Crippen LogP contribution in [-0.2, 0) is 9.59 Å². The third kappa shape index (κ3) is 3.56. The predicted molar refractivity (Wildman–Crippen MR) is 64.3 cm³/mol. The highest BCUT2D eigenvalue weighted by molar-refractivity contribution is 8.13. The molecule has 1 unspecified atom stereocenters. The first-order valence-electron chi connectivity index (χ1n) is 5.61. The molecule has 1 saturated heterocycles. The van der Waals surface area contributed by atoms with Crippen LogP contribution in [0.25, 0.3) is 0 Å². The molecule has 2 N–H and O–H groups in total. The Hall–Kier alpha value is -1.45. The minimum absolute atomic E-state index is 0.0365. The Kier molecular flexibility index (Phi) is 4.90. The van der Waals surface area contributed by atoms with Crippen molar-refractivity contribution in [3.8, 4) is 0 Å². The largest absolute Gasteiger partial charge is 0.479 e. The molecule has 1 aliphatic rings. The first kappa shape index (κ1) is 16.6. The molecule has 1 atom stereocenters. The maximum atomic E-state index is 12.7. The zero-order chi connectivity index (χ0) is 15.6. The smallest absolute Gasteiger partial charge is 0.422 e. The van der Waals surface area contributed by atoms with Crippen LogP contribution in [0.4, 0.5) is 18.0 Å². The third-order valence-corrected chi connectivity index (χ3v) is 3.73. The van der Waals surface area contributed by atoms with Gasteiger partial charge < -0.3 is 15.3 Å². The van der Waals surface area contributed by atoms with Gasteiger partial charge in [0.2, 0.25) is 11.4 Å². The number of halogens is 3. The lowest BCUT2D eigenvalue weighted by molar-refractivity contribution is -0.207. The van der Waals surface area contributed by atoms with Gasteiger partial charge in [-0.05, 0) is 6.92 Å². The van der Waals surface area contributed by atoms with Gasteiger partial charge in [0.1, 0.15) is 0 Å². The SMILES string of the molecule is CC(NC(=O)CCN1CCSC1=O)(C(=O)O)C(F)(F)F. The van der Waals surface area contributed by atoms with E-state index in [2.05, 4.69) is 0 Å². The van der Waals surface area contributed by atoms with E-state index in [1.807, 2.05) is 0 Å². The minimum atomic E-state index is -5.12. The molecule has 20 heavy (non-hydrogen) atoms. The summed E-state index contributed by atoms with van der Waals surface area (Å²) in [4.78, 5) is 34.7. The van der Waals surface area contributed by atoms with Crippen molar-refractivity contribution in [3.63, 3.8) is 0 Å². The number of nitrogens with zero attached hydrogens (tertiary/aromatic N) is 1. The third-order valence-electron chi connectivity index (χ3n) is 2.84. The van der Waals surface area contributed by atoms with E-state index in [0.29, 0.717) is 19.2 Å². The number of amides is 2. The van der Waals surface area contributed by atoms with Crippen LogP contribution in [0.1, 0.15) is 13.3 Å². The van der Waals surface area contributed by atoms with Crippen LogP contribution < -0.4 is 5.32 Å². The van der Waals surface area contributed by atoms with Gasteiger partial charge in [-0.1, -0.05) is 11.8 Å². The summed E-state index contributed by atoms with van der Waals surface area (Å²) < 4.78 is 38.0. The second kappa shape index (κ2) is 5.90. The van der Waals surface area contributed by atoms with Gasteiger partial charge >= 0.3 is 12.1 Å². The quantitative estimate of drug-likeness (QED) is 0.792. The molecule has 6 nitrogen and oxygen atoms in total. The average molecular weight is 314 g/mol. The molecule has 0 aliphatic carbocycles. The minimum Gasteiger partial charge on any atom is -0.479 e. The number of carbonyl (C=O) groups is 3. The van der Waals surface area contributed by atoms with E-state index >= 15 is 0 Å². The van der Waals surface area contributed by atoms with Gasteiger partial charge in [0.25, 0.3) is 5.24 Å². The topological polar surface area (TPSA) is 86.7 Å². The number of alkyl halides is 3. The van der Waals surface area contributed by atoms with Crippen LogP contribution in [0.2, 0.25) is 0 Å². The highest BCUT2D eigenvalue weighted by Crippen LogP contribution is 2.30. The van der Waals surface area contributed by atoms with Crippen LogP contribution in [0, 0.1) is 0 Å². The first-order valence-corrected chi connectivity index (χ1v) is 6.59. The fourth-order valence-corrected chi connectivity index (χ4v) is 2.30. The maximum Gasteiger partial charge on any atom is 0.422 e. The average Bonchev–Trinajstić information content (AvgIpc) is 2.70. The maximum absolute atomic E-state index is 12.7. The molecule has 0 saturated carbocycles. The fraction of sp³-hybridized carbons (Fsp3) is 0.700. The van der Waals surface area contributed by atoms with Crippen molar-refractivity contribution < 1.29 is 32.7 Å². The molecule has 0 aromatic heterocycles. The van der Waals surface area contributed by atoms with E-state index in [1.54, 1.807) is 0 Å². The second-order valence-corrected chi connectivity index (χ2v) is 5.37. The molecule has 114 valence electrons. The molecule has 0 aromatic rings. The number of thioether (sulfide) groups is 1. The number of hydrogen-bond donors (Lipinski definition) is 2. The number of aliphatic carboxylic acids is 1. The van der Waals surface area contributed by atoms with E-state index in [-0.39, 0.29) is 18.2 Å². The molecular formula is C10H13F3N2O4S. The van der Waals surface area contributed by atoms with Crippen molar-refractivity contribution in [2.45, 2.75) is 25.1 Å². The van der Waals surface area contributed by atoms with Crippen molar-refractivity contribution >= 4 is 28.9 Å². The van der Waals surface area contributed by atoms with Gasteiger partial charge in [-0.15, -0.1) is 0 Å². The summed E-state index contributed by atoms with van der Waals surface area (Å²) in [6.45, 7) is 0.765. The van der Waals surface area contributed by atoms with Crippen LogP contribution in [-0.4, -0.2) is 57.7 Å². The molecule has 1 aliphatic heterocycles. The lowest BCUT2D eigenvalue weighted by Crippen LogP contribution is -2.62. The highest BCUT2D eigenvalue weighted by Gasteiger charge is 2.58. The standard InChI is InChI=1S/C10H13F3N2O4S/c1-9(7(17)18,10(11,12)13)14-6(16)2-3-15-4-5-20-8(15)19/h2-5H2,1H3,(H,14,16)(H,17,18). The molecule has 10 heteroatoms. The number of rotatable bonds is 5. The van der Waals surface area contributed by atoms with Gasteiger partial charge in [-0.2, -0.15) is 13.2 Å². The van der Waals surface area contributed by atoms with Gasteiger partial charge in [-0.3, -0.25) is 9.59 Å². The number of nitrogens with one attached hydrogen (secondary N) is 1. The van der Waals surface area contributed by atoms with E-state index in [4.69, 9.17) is 5.11 Å². The Balaban J connectivity index is 2.59. The second-order valence-electron chi connectivity index (χ2n) is 4.33. The Morgan fingerprint density at radius 1 is 1.45 bits per heavy atom. The number of carboxylic acid groups (broad SMARTS) is 1. The normalized spacial score (nSPS) is 18.8. The summed E-state index contributed by atoms with van der Waals surface area (Å²) in [6, 6.07) is 0. The van der Waals surface area contributed by atoms with Crippen molar-refractivity contribution in [2.75, 3.05) is 18.8 Å². The summed E-state index contributed by atoms with van der Waals surface area (Å²) in [7, 11) is 0. The molecular weight excluding hydrogens is 301 g/mol. The molecule has 2 amide bonds. The van der Waals surface area contributed by atoms with Crippen molar-refractivity contribution in [2.24, 2.45) is 0 Å². The Morgan fingerprint density at radius 2 is 2.05 bits per heavy atom. The number of carboxylic acids is 1. The van der Waals surface area contributed by atoms with Crippen molar-refractivity contribution in [1.29, 1.82) is 0 Å². The van der Waals surface area contributed by atoms with Crippen molar-refractivity contribution in [1.82, 2.24) is 10.2 Å². The lowest BCUT2D eigenvalue weighted by atomic mass is 10.0. The highest BCUT2D eigenvalue weighted by atomic mass is 32.2. The van der Waals surface area contributed by atoms with Crippen LogP contribution in [0.3, 0.4) is 0 Å². The summed E-state index contributed by atoms with van der Waals surface area (Å²) in [5.41, 5.74) is -3.34. The van der Waals surface area contributed by atoms with Crippen LogP contribution in [0.5, 0.6) is 0 Å². The molecule has 0 aromatic carbocycles. The lowest BCUT2D eigenvalue weighted by Gasteiger charge is -2.28. The summed E-state index contributed by atoms with van der Waals surface area (Å²) in [5, 5.41) is 9.86. The molecule has 1 rings (SSSR count). The van der Waals surface area contributed by atoms with E-state index in [1.165, 1.54) is 10.2 Å². The summed E-state index contributed by atoms with van der Waals surface area (Å²) in [5.74, 6) is -2.70.